The van der Waals surface area contributed by atoms with Crippen LogP contribution < -0.4 is 15.4 Å². The molecule has 0 aliphatic carbocycles. The number of nitrogens with one attached hydrogen (secondary N) is 2. The van der Waals surface area contributed by atoms with Gasteiger partial charge in [-0.3, -0.25) is 4.79 Å². The Balaban J connectivity index is 1.92. The number of rotatable bonds is 6. The maximum Gasteiger partial charge on any atom is 0.318 e. The molecule has 0 bridgehead atoms. The van der Waals surface area contributed by atoms with Crippen LogP contribution in [0.5, 0.6) is 5.75 Å². The number of anilines is 1. The van der Waals surface area contributed by atoms with Crippen LogP contribution in [0.2, 0.25) is 0 Å². The van der Waals surface area contributed by atoms with Crippen LogP contribution >= 0.6 is 0 Å². The smallest absolute Gasteiger partial charge is 0.318 e. The van der Waals surface area contributed by atoms with Crippen molar-refractivity contribution in [2.45, 2.75) is 13.0 Å². The van der Waals surface area contributed by atoms with Gasteiger partial charge in [0.05, 0.1) is 19.7 Å². The van der Waals surface area contributed by atoms with Gasteiger partial charge in [-0.2, -0.15) is 0 Å². The highest BCUT2D eigenvalue weighted by molar-refractivity contribution is 5.94. The number of hydrogen-bond acceptors (Lipinski definition) is 3. The first-order chi connectivity index (χ1) is 13.0. The van der Waals surface area contributed by atoms with Crippen LogP contribution in [0.1, 0.15) is 24.1 Å². The van der Waals surface area contributed by atoms with Crippen LogP contribution in [0.4, 0.5) is 10.5 Å². The van der Waals surface area contributed by atoms with E-state index in [0.29, 0.717) is 17.0 Å². The number of carbonyl (C=O) groups excluding carboxylic acids is 2. The molecule has 0 radical (unpaired) electrons. The van der Waals surface area contributed by atoms with Gasteiger partial charge in [0.2, 0.25) is 5.91 Å². The fourth-order valence-electron chi connectivity index (χ4n) is 2.57. The van der Waals surface area contributed by atoms with Crippen molar-refractivity contribution in [2.24, 2.45) is 0 Å². The number of nitrogens with zero attached hydrogens (tertiary/aromatic N) is 1. The van der Waals surface area contributed by atoms with Gasteiger partial charge in [0.1, 0.15) is 5.75 Å². The molecule has 0 heterocycles. The minimum Gasteiger partial charge on any atom is -0.496 e. The molecule has 1 atom stereocenters. The molecule has 6 nitrogen and oxygen atoms in total. The highest BCUT2D eigenvalue weighted by Gasteiger charge is 2.20. The molecule has 0 fully saturated rings. The molecule has 3 amide bonds. The minimum atomic E-state index is -0.360. The molecule has 6 heteroatoms. The molecular weight excluding hydrogens is 342 g/mol. The van der Waals surface area contributed by atoms with Crippen molar-refractivity contribution in [1.29, 1.82) is 0 Å². The summed E-state index contributed by atoms with van der Waals surface area (Å²) in [7, 11) is 3.26. The lowest BCUT2D eigenvalue weighted by Crippen LogP contribution is -2.42. The predicted octanol–water partition coefficient (Wildman–Crippen LogP) is 3.02. The lowest BCUT2D eigenvalue weighted by molar-refractivity contribution is -0.115. The zero-order chi connectivity index (χ0) is 19.8. The minimum absolute atomic E-state index is 0.151. The lowest BCUT2D eigenvalue weighted by Gasteiger charge is -2.26. The van der Waals surface area contributed by atoms with Gasteiger partial charge < -0.3 is 20.3 Å². The summed E-state index contributed by atoms with van der Waals surface area (Å²) in [5.74, 6) is 2.87. The van der Waals surface area contributed by atoms with Gasteiger partial charge in [0, 0.05) is 23.9 Å². The van der Waals surface area contributed by atoms with Crippen LogP contribution in [0.15, 0.2) is 48.5 Å². The van der Waals surface area contributed by atoms with E-state index in [4.69, 9.17) is 11.2 Å². The Labute approximate surface area is 159 Å². The second-order valence-corrected chi connectivity index (χ2v) is 5.96. The van der Waals surface area contributed by atoms with E-state index in [2.05, 4.69) is 16.6 Å². The second kappa shape index (κ2) is 9.30. The van der Waals surface area contributed by atoms with Crippen LogP contribution in [-0.4, -0.2) is 37.5 Å². The summed E-state index contributed by atoms with van der Waals surface area (Å²) >= 11 is 0. The Bertz CT molecular complexity index is 858. The van der Waals surface area contributed by atoms with E-state index in [0.717, 1.165) is 5.56 Å². The molecule has 2 rings (SSSR count). The van der Waals surface area contributed by atoms with Crippen molar-refractivity contribution in [3.63, 3.8) is 0 Å². The first kappa shape index (κ1) is 19.9. The summed E-state index contributed by atoms with van der Waals surface area (Å²) in [6.45, 7) is 1.74. The molecule has 0 saturated carbocycles. The third kappa shape index (κ3) is 5.25. The van der Waals surface area contributed by atoms with Gasteiger partial charge in [-0.05, 0) is 31.2 Å². The van der Waals surface area contributed by atoms with Gasteiger partial charge in [-0.1, -0.05) is 30.2 Å². The first-order valence-corrected chi connectivity index (χ1v) is 8.46. The summed E-state index contributed by atoms with van der Waals surface area (Å²) in [4.78, 5) is 26.0. The number of carbonyl (C=O) groups is 2. The van der Waals surface area contributed by atoms with Crippen molar-refractivity contribution < 1.29 is 14.3 Å². The second-order valence-electron chi connectivity index (χ2n) is 5.96. The Morgan fingerprint density at radius 3 is 2.67 bits per heavy atom. The fourth-order valence-corrected chi connectivity index (χ4v) is 2.57. The molecule has 0 aromatic heterocycles. The molecule has 0 spiro atoms. The molecule has 2 N–H and O–H groups in total. The number of hydrogen-bond donors (Lipinski definition) is 2. The molecule has 0 aliphatic heterocycles. The van der Waals surface area contributed by atoms with E-state index in [1.807, 2.05) is 31.2 Å². The molecule has 2 aromatic rings. The van der Waals surface area contributed by atoms with Crippen LogP contribution in [0.3, 0.4) is 0 Å². The van der Waals surface area contributed by atoms with Crippen molar-refractivity contribution in [2.75, 3.05) is 26.0 Å². The summed E-state index contributed by atoms with van der Waals surface area (Å²) in [6.07, 6.45) is 5.34. The van der Waals surface area contributed by atoms with Gasteiger partial charge in [-0.25, -0.2) is 4.79 Å². The number of para-hydroxylation sites is 1. The van der Waals surface area contributed by atoms with Gasteiger partial charge in [0.25, 0.3) is 0 Å². The number of urea groups is 1. The van der Waals surface area contributed by atoms with E-state index < -0.39 is 0 Å². The van der Waals surface area contributed by atoms with E-state index >= 15 is 0 Å². The molecule has 2 aromatic carbocycles. The summed E-state index contributed by atoms with van der Waals surface area (Å²) in [5, 5.41) is 5.32. The number of methoxy groups -OCH3 is 1. The van der Waals surface area contributed by atoms with Crippen molar-refractivity contribution in [3.05, 3.63) is 59.7 Å². The summed E-state index contributed by atoms with van der Waals surface area (Å²) in [5.41, 5.74) is 2.14. The predicted molar refractivity (Wildman–Crippen MR) is 106 cm³/mol. The van der Waals surface area contributed by atoms with Gasteiger partial charge in [-0.15, -0.1) is 6.42 Å². The maximum atomic E-state index is 12.4. The van der Waals surface area contributed by atoms with Crippen LogP contribution in [0.25, 0.3) is 0 Å². The van der Waals surface area contributed by atoms with Crippen molar-refractivity contribution >= 4 is 17.6 Å². The Hall–Kier alpha value is -3.46. The SMILES string of the molecule is C#Cc1cccc(NC(=O)CNC(=O)N(C)C(C)c2ccccc2OC)c1. The standard InChI is InChI=1S/C21H23N3O3/c1-5-16-9-8-10-17(13-16)23-20(25)14-22-21(26)24(3)15(2)18-11-6-7-12-19(18)27-4/h1,6-13,15H,14H2,2-4H3,(H,22,26)(H,23,25). The number of benzene rings is 2. The Morgan fingerprint density at radius 1 is 1.22 bits per heavy atom. The highest BCUT2D eigenvalue weighted by Crippen LogP contribution is 2.27. The quantitative estimate of drug-likeness (QED) is 0.773. The number of terminal acetylenes is 1. The zero-order valence-electron chi connectivity index (χ0n) is 15.7. The van der Waals surface area contributed by atoms with E-state index in [1.54, 1.807) is 38.4 Å². The van der Waals surface area contributed by atoms with Crippen molar-refractivity contribution in [1.82, 2.24) is 10.2 Å². The van der Waals surface area contributed by atoms with E-state index in [-0.39, 0.29) is 24.5 Å². The molecule has 27 heavy (non-hydrogen) atoms. The van der Waals surface area contributed by atoms with Crippen molar-refractivity contribution in [3.8, 4) is 18.1 Å². The van der Waals surface area contributed by atoms with Gasteiger partial charge in [0.15, 0.2) is 0 Å². The average Bonchev–Trinajstić information content (AvgIpc) is 2.70. The molecule has 0 saturated heterocycles. The Morgan fingerprint density at radius 2 is 1.96 bits per heavy atom. The monoisotopic (exact) mass is 365 g/mol. The number of amides is 3. The number of ether oxygens (including phenoxy) is 1. The molecule has 1 unspecified atom stereocenters. The van der Waals surface area contributed by atoms with E-state index in [1.165, 1.54) is 4.90 Å². The summed E-state index contributed by atoms with van der Waals surface area (Å²) < 4.78 is 5.34. The fraction of sp³-hybridized carbons (Fsp3) is 0.238. The Kier molecular flexibility index (Phi) is 6.84. The first-order valence-electron chi connectivity index (χ1n) is 8.46. The van der Waals surface area contributed by atoms with Crippen LogP contribution in [0, 0.1) is 12.3 Å². The summed E-state index contributed by atoms with van der Waals surface area (Å²) in [6, 6.07) is 13.9. The maximum absolute atomic E-state index is 12.4. The average molecular weight is 365 g/mol. The highest BCUT2D eigenvalue weighted by atomic mass is 16.5. The zero-order valence-corrected chi connectivity index (χ0v) is 15.7. The van der Waals surface area contributed by atoms with E-state index in [9.17, 15) is 9.59 Å². The third-order valence-electron chi connectivity index (χ3n) is 4.20. The topological polar surface area (TPSA) is 70.7 Å². The normalized spacial score (nSPS) is 11.0. The molecule has 140 valence electrons. The molecular formula is C21H23N3O3. The van der Waals surface area contributed by atoms with Gasteiger partial charge >= 0.3 is 6.03 Å². The largest absolute Gasteiger partial charge is 0.496 e. The third-order valence-corrected chi connectivity index (χ3v) is 4.20. The lowest BCUT2D eigenvalue weighted by atomic mass is 10.1. The van der Waals surface area contributed by atoms with Crippen LogP contribution in [-0.2, 0) is 4.79 Å². The molecule has 0 aliphatic rings.